The highest BCUT2D eigenvalue weighted by Gasteiger charge is 2.10. The quantitative estimate of drug-likeness (QED) is 0.851. The Morgan fingerprint density at radius 1 is 1.56 bits per heavy atom. The van der Waals surface area contributed by atoms with Crippen LogP contribution in [0.3, 0.4) is 0 Å². The SMILES string of the molecule is CCC(C)n1cccc(-c2cn[nH]n2)c1=O. The summed E-state index contributed by atoms with van der Waals surface area (Å²) in [4.78, 5) is 12.1. The van der Waals surface area contributed by atoms with E-state index >= 15 is 0 Å². The van der Waals surface area contributed by atoms with Gasteiger partial charge in [-0.15, -0.1) is 0 Å². The van der Waals surface area contributed by atoms with Gasteiger partial charge in [0.15, 0.2) is 0 Å². The molecule has 0 aliphatic rings. The lowest BCUT2D eigenvalue weighted by Crippen LogP contribution is -2.23. The number of pyridine rings is 1. The largest absolute Gasteiger partial charge is 0.312 e. The predicted molar refractivity (Wildman–Crippen MR) is 61.1 cm³/mol. The third-order valence-electron chi connectivity index (χ3n) is 2.73. The zero-order chi connectivity index (χ0) is 11.5. The highest BCUT2D eigenvalue weighted by Crippen LogP contribution is 2.12. The van der Waals surface area contributed by atoms with Crippen LogP contribution in [0.4, 0.5) is 0 Å². The molecule has 1 atom stereocenters. The predicted octanol–water partition coefficient (Wildman–Crippen LogP) is 1.60. The van der Waals surface area contributed by atoms with Gasteiger partial charge in [0, 0.05) is 12.2 Å². The lowest BCUT2D eigenvalue weighted by atomic mass is 10.2. The van der Waals surface area contributed by atoms with Crippen molar-refractivity contribution in [3.05, 3.63) is 34.9 Å². The van der Waals surface area contributed by atoms with Crippen LogP contribution in [0.2, 0.25) is 0 Å². The van der Waals surface area contributed by atoms with Crippen molar-refractivity contribution < 1.29 is 0 Å². The summed E-state index contributed by atoms with van der Waals surface area (Å²) in [6, 6.07) is 3.82. The Balaban J connectivity index is 2.54. The number of hydrogen-bond donors (Lipinski definition) is 1. The second-order valence-electron chi connectivity index (χ2n) is 3.75. The Morgan fingerprint density at radius 3 is 3.00 bits per heavy atom. The molecule has 0 aromatic carbocycles. The van der Waals surface area contributed by atoms with E-state index in [0.29, 0.717) is 11.3 Å². The minimum atomic E-state index is -0.0225. The topological polar surface area (TPSA) is 63.6 Å². The molecule has 0 aliphatic carbocycles. The van der Waals surface area contributed by atoms with E-state index in [0.717, 1.165) is 6.42 Å². The van der Waals surface area contributed by atoms with Crippen molar-refractivity contribution in [2.45, 2.75) is 26.3 Å². The molecular formula is C11H14N4O. The van der Waals surface area contributed by atoms with Gasteiger partial charge in [-0.2, -0.15) is 15.4 Å². The van der Waals surface area contributed by atoms with Gasteiger partial charge in [-0.25, -0.2) is 0 Å². The van der Waals surface area contributed by atoms with Crippen LogP contribution in [0.15, 0.2) is 29.3 Å². The molecule has 0 spiro atoms. The van der Waals surface area contributed by atoms with Crippen molar-refractivity contribution in [2.75, 3.05) is 0 Å². The summed E-state index contributed by atoms with van der Waals surface area (Å²) in [6.07, 6.45) is 4.28. The Kier molecular flexibility index (Phi) is 2.85. The molecule has 2 heterocycles. The van der Waals surface area contributed by atoms with Crippen LogP contribution < -0.4 is 5.56 Å². The van der Waals surface area contributed by atoms with Crippen LogP contribution in [0, 0.1) is 0 Å². The molecule has 16 heavy (non-hydrogen) atoms. The van der Waals surface area contributed by atoms with Gasteiger partial charge in [0.25, 0.3) is 5.56 Å². The van der Waals surface area contributed by atoms with Gasteiger partial charge in [0.05, 0.1) is 11.8 Å². The average molecular weight is 218 g/mol. The smallest absolute Gasteiger partial charge is 0.260 e. The summed E-state index contributed by atoms with van der Waals surface area (Å²) in [5.74, 6) is 0. The van der Waals surface area contributed by atoms with Crippen LogP contribution in [0.1, 0.15) is 26.3 Å². The van der Waals surface area contributed by atoms with Crippen LogP contribution in [-0.4, -0.2) is 20.0 Å². The number of aromatic nitrogens is 4. The fourth-order valence-corrected chi connectivity index (χ4v) is 1.58. The normalized spacial score (nSPS) is 12.6. The molecule has 0 amide bonds. The zero-order valence-corrected chi connectivity index (χ0v) is 9.34. The summed E-state index contributed by atoms with van der Waals surface area (Å²) >= 11 is 0. The molecule has 5 nitrogen and oxygen atoms in total. The molecule has 2 aromatic heterocycles. The van der Waals surface area contributed by atoms with Crippen molar-refractivity contribution in [1.29, 1.82) is 0 Å². The Hall–Kier alpha value is -1.91. The van der Waals surface area contributed by atoms with E-state index in [9.17, 15) is 4.79 Å². The van der Waals surface area contributed by atoms with E-state index in [2.05, 4.69) is 22.3 Å². The molecular weight excluding hydrogens is 204 g/mol. The summed E-state index contributed by atoms with van der Waals surface area (Å²) in [7, 11) is 0. The monoisotopic (exact) mass is 218 g/mol. The van der Waals surface area contributed by atoms with Crippen molar-refractivity contribution in [3.63, 3.8) is 0 Å². The average Bonchev–Trinajstić information content (AvgIpc) is 2.82. The first-order valence-electron chi connectivity index (χ1n) is 5.31. The third-order valence-corrected chi connectivity index (χ3v) is 2.73. The molecule has 1 N–H and O–H groups in total. The standard InChI is InChI=1S/C11H14N4O/c1-3-8(2)15-6-4-5-9(11(15)16)10-7-12-14-13-10/h4-8H,3H2,1-2H3,(H,12,13,14). The molecule has 0 saturated heterocycles. The summed E-state index contributed by atoms with van der Waals surface area (Å²) in [6.45, 7) is 4.08. The molecule has 0 bridgehead atoms. The molecule has 84 valence electrons. The maximum Gasteiger partial charge on any atom is 0.260 e. The Labute approximate surface area is 93.1 Å². The Bertz CT molecular complexity index is 515. The molecule has 5 heteroatoms. The van der Waals surface area contributed by atoms with Gasteiger partial charge in [0.1, 0.15) is 5.69 Å². The number of nitrogens with one attached hydrogen (secondary N) is 1. The highest BCUT2D eigenvalue weighted by molar-refractivity contribution is 5.55. The highest BCUT2D eigenvalue weighted by atomic mass is 16.1. The first-order chi connectivity index (χ1) is 7.74. The van der Waals surface area contributed by atoms with Gasteiger partial charge in [0.2, 0.25) is 0 Å². The van der Waals surface area contributed by atoms with Crippen LogP contribution in [0.5, 0.6) is 0 Å². The fourth-order valence-electron chi connectivity index (χ4n) is 1.58. The van der Waals surface area contributed by atoms with E-state index in [1.807, 2.05) is 13.0 Å². The molecule has 2 aromatic rings. The van der Waals surface area contributed by atoms with Gasteiger partial charge >= 0.3 is 0 Å². The Morgan fingerprint density at radius 2 is 2.38 bits per heavy atom. The van der Waals surface area contributed by atoms with Crippen LogP contribution >= 0.6 is 0 Å². The van der Waals surface area contributed by atoms with Crippen molar-refractivity contribution in [1.82, 2.24) is 20.0 Å². The van der Waals surface area contributed by atoms with E-state index in [1.54, 1.807) is 23.0 Å². The van der Waals surface area contributed by atoms with Crippen molar-refractivity contribution in [2.24, 2.45) is 0 Å². The van der Waals surface area contributed by atoms with Crippen molar-refractivity contribution >= 4 is 0 Å². The summed E-state index contributed by atoms with van der Waals surface area (Å²) < 4.78 is 1.73. The summed E-state index contributed by atoms with van der Waals surface area (Å²) in [5.41, 5.74) is 1.14. The minimum Gasteiger partial charge on any atom is -0.312 e. The van der Waals surface area contributed by atoms with Crippen LogP contribution in [0.25, 0.3) is 11.3 Å². The molecule has 0 radical (unpaired) electrons. The molecule has 0 saturated carbocycles. The first-order valence-corrected chi connectivity index (χ1v) is 5.31. The van der Waals surface area contributed by atoms with Crippen LogP contribution in [-0.2, 0) is 0 Å². The third kappa shape index (κ3) is 1.76. The number of rotatable bonds is 3. The summed E-state index contributed by atoms with van der Waals surface area (Å²) in [5, 5.41) is 10.1. The molecule has 0 fully saturated rings. The maximum atomic E-state index is 12.1. The van der Waals surface area contributed by atoms with Crippen molar-refractivity contribution in [3.8, 4) is 11.3 Å². The zero-order valence-electron chi connectivity index (χ0n) is 9.34. The van der Waals surface area contributed by atoms with E-state index in [4.69, 9.17) is 0 Å². The molecule has 1 unspecified atom stereocenters. The van der Waals surface area contributed by atoms with Gasteiger partial charge in [-0.1, -0.05) is 6.92 Å². The fraction of sp³-hybridized carbons (Fsp3) is 0.364. The van der Waals surface area contributed by atoms with Gasteiger partial charge in [-0.3, -0.25) is 4.79 Å². The number of aromatic amines is 1. The lowest BCUT2D eigenvalue weighted by molar-refractivity contribution is 0.515. The second-order valence-corrected chi connectivity index (χ2v) is 3.75. The van der Waals surface area contributed by atoms with Gasteiger partial charge in [-0.05, 0) is 25.5 Å². The lowest BCUT2D eigenvalue weighted by Gasteiger charge is -2.13. The molecule has 2 rings (SSSR count). The van der Waals surface area contributed by atoms with E-state index < -0.39 is 0 Å². The maximum absolute atomic E-state index is 12.1. The van der Waals surface area contributed by atoms with E-state index in [1.165, 1.54) is 0 Å². The number of nitrogens with zero attached hydrogens (tertiary/aromatic N) is 3. The molecule has 0 aliphatic heterocycles. The van der Waals surface area contributed by atoms with Gasteiger partial charge < -0.3 is 4.57 Å². The number of H-pyrrole nitrogens is 1. The minimum absolute atomic E-state index is 0.0225. The number of hydrogen-bond acceptors (Lipinski definition) is 3. The second kappa shape index (κ2) is 4.30. The van der Waals surface area contributed by atoms with E-state index in [-0.39, 0.29) is 11.6 Å². The first kappa shape index (κ1) is 10.6.